The third kappa shape index (κ3) is 3.73. The number of hydrogen-bond donors (Lipinski definition) is 2. The summed E-state index contributed by atoms with van der Waals surface area (Å²) in [6.07, 6.45) is 2.07. The van der Waals surface area contributed by atoms with Gasteiger partial charge in [0, 0.05) is 34.9 Å². The van der Waals surface area contributed by atoms with Crippen LogP contribution in [0, 0.1) is 5.82 Å². The number of carbonyl (C=O) groups is 2. The standard InChI is InChI=1S/C21H18ClFN4O3/c1-30-20(28)12-3-2-4-14(9-12)26-21(29)27-8-7-17-18(25-11-24-17)19(27)15-10-13(22)5-6-16(15)23/h2-6,9-11,19H,7-8H2,1H3,(H,24,25)(H,26,29)/t19-/m1/s1. The molecule has 2 aromatic carbocycles. The van der Waals surface area contributed by atoms with Crippen molar-refractivity contribution < 1.29 is 18.7 Å². The number of aromatic nitrogens is 2. The maximum Gasteiger partial charge on any atom is 0.337 e. The smallest absolute Gasteiger partial charge is 0.337 e. The molecule has 0 aliphatic carbocycles. The van der Waals surface area contributed by atoms with Crippen molar-refractivity contribution in [3.8, 4) is 0 Å². The van der Waals surface area contributed by atoms with Crippen LogP contribution in [0.4, 0.5) is 14.9 Å². The molecule has 0 bridgehead atoms. The van der Waals surface area contributed by atoms with Crippen molar-refractivity contribution in [2.75, 3.05) is 19.0 Å². The molecule has 1 atom stereocenters. The lowest BCUT2D eigenvalue weighted by Crippen LogP contribution is -2.43. The third-order valence-electron chi connectivity index (χ3n) is 4.97. The summed E-state index contributed by atoms with van der Waals surface area (Å²) >= 11 is 6.10. The Labute approximate surface area is 176 Å². The molecule has 2 amide bonds. The molecular weight excluding hydrogens is 411 g/mol. The van der Waals surface area contributed by atoms with Crippen molar-refractivity contribution in [1.29, 1.82) is 0 Å². The van der Waals surface area contributed by atoms with E-state index in [4.69, 9.17) is 16.3 Å². The molecule has 7 nitrogen and oxygen atoms in total. The molecule has 4 rings (SSSR count). The molecule has 9 heteroatoms. The number of methoxy groups -OCH3 is 1. The van der Waals surface area contributed by atoms with Gasteiger partial charge in [0.1, 0.15) is 11.9 Å². The van der Waals surface area contributed by atoms with Gasteiger partial charge in [-0.05, 0) is 36.4 Å². The second-order valence-electron chi connectivity index (χ2n) is 6.78. The summed E-state index contributed by atoms with van der Waals surface area (Å²) < 4.78 is 19.4. The number of imidazole rings is 1. The monoisotopic (exact) mass is 428 g/mol. The van der Waals surface area contributed by atoms with E-state index in [2.05, 4.69) is 15.3 Å². The number of urea groups is 1. The van der Waals surface area contributed by atoms with E-state index in [-0.39, 0.29) is 5.56 Å². The number of rotatable bonds is 3. The molecule has 154 valence electrons. The molecule has 0 fully saturated rings. The summed E-state index contributed by atoms with van der Waals surface area (Å²) in [6.45, 7) is 0.342. The molecule has 0 unspecified atom stereocenters. The van der Waals surface area contributed by atoms with E-state index in [1.54, 1.807) is 18.2 Å². The summed E-state index contributed by atoms with van der Waals surface area (Å²) in [4.78, 5) is 33.8. The first-order valence-corrected chi connectivity index (χ1v) is 9.59. The first-order chi connectivity index (χ1) is 14.5. The third-order valence-corrected chi connectivity index (χ3v) is 5.21. The molecule has 0 saturated heterocycles. The summed E-state index contributed by atoms with van der Waals surface area (Å²) in [5.74, 6) is -0.991. The van der Waals surface area contributed by atoms with Gasteiger partial charge in [0.25, 0.3) is 0 Å². The van der Waals surface area contributed by atoms with Crippen LogP contribution in [0.1, 0.15) is 33.4 Å². The van der Waals surface area contributed by atoms with E-state index in [1.807, 2.05) is 0 Å². The van der Waals surface area contributed by atoms with Gasteiger partial charge in [-0.25, -0.2) is 19.0 Å². The van der Waals surface area contributed by atoms with E-state index in [0.29, 0.717) is 34.9 Å². The molecule has 2 heterocycles. The van der Waals surface area contributed by atoms with Crippen LogP contribution in [0.5, 0.6) is 0 Å². The van der Waals surface area contributed by atoms with Crippen LogP contribution in [-0.2, 0) is 11.2 Å². The Kier molecular flexibility index (Phi) is 5.41. The predicted molar refractivity (Wildman–Crippen MR) is 109 cm³/mol. The number of nitrogens with zero attached hydrogens (tertiary/aromatic N) is 2. The predicted octanol–water partition coefficient (Wildman–Crippen LogP) is 4.17. The van der Waals surface area contributed by atoms with Crippen LogP contribution < -0.4 is 5.32 Å². The van der Waals surface area contributed by atoms with Crippen LogP contribution in [0.15, 0.2) is 48.8 Å². The Balaban J connectivity index is 1.68. The van der Waals surface area contributed by atoms with Gasteiger partial charge in [-0.2, -0.15) is 0 Å². The van der Waals surface area contributed by atoms with Crippen LogP contribution >= 0.6 is 11.6 Å². The van der Waals surface area contributed by atoms with Gasteiger partial charge in [-0.3, -0.25) is 0 Å². The van der Waals surface area contributed by atoms with Gasteiger partial charge in [-0.15, -0.1) is 0 Å². The van der Waals surface area contributed by atoms with Gasteiger partial charge < -0.3 is 19.9 Å². The zero-order valence-electron chi connectivity index (χ0n) is 16.0. The second kappa shape index (κ2) is 8.16. The normalized spacial score (nSPS) is 15.4. The molecule has 3 aromatic rings. The fraction of sp³-hybridized carbons (Fsp3) is 0.190. The molecule has 0 spiro atoms. The number of hydrogen-bond acceptors (Lipinski definition) is 4. The van der Waals surface area contributed by atoms with Crippen molar-refractivity contribution >= 4 is 29.3 Å². The fourth-order valence-corrected chi connectivity index (χ4v) is 3.75. The van der Waals surface area contributed by atoms with Crippen molar-refractivity contribution in [2.45, 2.75) is 12.5 Å². The van der Waals surface area contributed by atoms with E-state index in [0.717, 1.165) is 5.69 Å². The fourth-order valence-electron chi connectivity index (χ4n) is 3.57. The van der Waals surface area contributed by atoms with Gasteiger partial charge in [0.2, 0.25) is 0 Å². The van der Waals surface area contributed by atoms with E-state index in [9.17, 15) is 14.0 Å². The highest BCUT2D eigenvalue weighted by Crippen LogP contribution is 2.36. The lowest BCUT2D eigenvalue weighted by atomic mass is 9.95. The van der Waals surface area contributed by atoms with Crippen LogP contribution in [0.25, 0.3) is 0 Å². The molecular formula is C21H18ClFN4O3. The van der Waals surface area contributed by atoms with Gasteiger partial charge in [0.05, 0.1) is 24.7 Å². The maximum atomic E-state index is 14.7. The summed E-state index contributed by atoms with van der Waals surface area (Å²) in [5, 5.41) is 3.13. The number of amides is 2. The highest BCUT2D eigenvalue weighted by Gasteiger charge is 2.36. The number of aromatic amines is 1. The molecule has 2 N–H and O–H groups in total. The van der Waals surface area contributed by atoms with Crippen LogP contribution in [0.3, 0.4) is 0 Å². The van der Waals surface area contributed by atoms with E-state index >= 15 is 0 Å². The molecule has 0 saturated carbocycles. The lowest BCUT2D eigenvalue weighted by Gasteiger charge is -2.35. The highest BCUT2D eigenvalue weighted by atomic mass is 35.5. The highest BCUT2D eigenvalue weighted by molar-refractivity contribution is 6.30. The van der Waals surface area contributed by atoms with E-state index in [1.165, 1.54) is 42.6 Å². The number of H-pyrrole nitrogens is 1. The number of esters is 1. The Hall–Kier alpha value is -3.39. The molecule has 1 aliphatic heterocycles. The minimum atomic E-state index is -0.748. The molecule has 0 radical (unpaired) electrons. The lowest BCUT2D eigenvalue weighted by molar-refractivity contribution is 0.0600. The summed E-state index contributed by atoms with van der Waals surface area (Å²) in [6, 6.07) is 9.43. The minimum absolute atomic E-state index is 0.258. The topological polar surface area (TPSA) is 87.3 Å². The summed E-state index contributed by atoms with van der Waals surface area (Å²) in [7, 11) is 1.28. The molecule has 1 aliphatic rings. The first kappa shape index (κ1) is 19.9. The van der Waals surface area contributed by atoms with Crippen LogP contribution in [-0.4, -0.2) is 40.5 Å². The van der Waals surface area contributed by atoms with Crippen LogP contribution in [0.2, 0.25) is 5.02 Å². The molecule has 1 aromatic heterocycles. The Morgan fingerprint density at radius 3 is 2.93 bits per heavy atom. The average Bonchev–Trinajstić information content (AvgIpc) is 3.23. The maximum absolute atomic E-state index is 14.7. The van der Waals surface area contributed by atoms with Gasteiger partial charge in [-0.1, -0.05) is 17.7 Å². The molecule has 30 heavy (non-hydrogen) atoms. The van der Waals surface area contributed by atoms with Crippen molar-refractivity contribution in [2.24, 2.45) is 0 Å². The quantitative estimate of drug-likeness (QED) is 0.613. The zero-order chi connectivity index (χ0) is 21.3. The number of fused-ring (bicyclic) bond motifs is 1. The number of carbonyl (C=O) groups excluding carboxylic acids is 2. The number of halogens is 2. The number of ether oxygens (including phenoxy) is 1. The number of benzene rings is 2. The Bertz CT molecular complexity index is 1120. The Morgan fingerprint density at radius 2 is 2.13 bits per heavy atom. The number of nitrogens with one attached hydrogen (secondary N) is 2. The van der Waals surface area contributed by atoms with Gasteiger partial charge in [0.15, 0.2) is 0 Å². The van der Waals surface area contributed by atoms with Gasteiger partial charge >= 0.3 is 12.0 Å². The first-order valence-electron chi connectivity index (χ1n) is 9.21. The summed E-state index contributed by atoms with van der Waals surface area (Å²) in [5.41, 5.74) is 2.40. The number of anilines is 1. The Morgan fingerprint density at radius 1 is 1.30 bits per heavy atom. The van der Waals surface area contributed by atoms with Crippen molar-refractivity contribution in [1.82, 2.24) is 14.9 Å². The zero-order valence-corrected chi connectivity index (χ0v) is 16.7. The van der Waals surface area contributed by atoms with Crippen molar-refractivity contribution in [3.05, 3.63) is 82.1 Å². The SMILES string of the molecule is COC(=O)c1cccc(NC(=O)N2CCc3[nH]cnc3[C@H]2c2cc(Cl)ccc2F)c1. The largest absolute Gasteiger partial charge is 0.465 e. The average molecular weight is 429 g/mol. The van der Waals surface area contributed by atoms with E-state index < -0.39 is 23.9 Å². The second-order valence-corrected chi connectivity index (χ2v) is 7.22. The van der Waals surface area contributed by atoms with Crippen molar-refractivity contribution in [3.63, 3.8) is 0 Å². The minimum Gasteiger partial charge on any atom is -0.465 e.